The Kier molecular flexibility index (Phi) is 5.21. The Morgan fingerprint density at radius 3 is 2.56 bits per heavy atom. The van der Waals surface area contributed by atoms with Crippen molar-refractivity contribution in [3.8, 4) is 0 Å². The summed E-state index contributed by atoms with van der Waals surface area (Å²) in [5, 5.41) is 20.4. The highest BCUT2D eigenvalue weighted by atomic mass is 79.9. The maximum absolute atomic E-state index is 11.7. The van der Waals surface area contributed by atoms with Crippen LogP contribution in [0.25, 0.3) is 0 Å². The third kappa shape index (κ3) is 3.45. The molecule has 0 saturated carbocycles. The molecule has 3 N–H and O–H groups in total. The molecule has 88 valence electrons. The van der Waals surface area contributed by atoms with Crippen LogP contribution >= 0.6 is 27.5 Å². The van der Waals surface area contributed by atoms with E-state index in [2.05, 4.69) is 21.2 Å². The molecule has 0 aliphatic heterocycles. The van der Waals surface area contributed by atoms with Crippen LogP contribution in [0.1, 0.15) is 10.4 Å². The molecule has 1 aromatic rings. The maximum atomic E-state index is 11.7. The van der Waals surface area contributed by atoms with E-state index in [4.69, 9.17) is 21.8 Å². The minimum atomic E-state index is -0.674. The second kappa shape index (κ2) is 6.20. The molecule has 0 atom stereocenters. The quantitative estimate of drug-likeness (QED) is 0.782. The number of aliphatic hydroxyl groups is 2. The summed E-state index contributed by atoms with van der Waals surface area (Å²) in [6.45, 7) is -0.646. The van der Waals surface area contributed by atoms with Crippen LogP contribution in [0.3, 0.4) is 0 Å². The summed E-state index contributed by atoms with van der Waals surface area (Å²) < 4.78 is 0.773. The summed E-state index contributed by atoms with van der Waals surface area (Å²) in [7, 11) is 0. The van der Waals surface area contributed by atoms with Gasteiger partial charge in [-0.05, 0) is 18.2 Å². The summed E-state index contributed by atoms with van der Waals surface area (Å²) >= 11 is 9.11. The van der Waals surface area contributed by atoms with Gasteiger partial charge in [0.2, 0.25) is 0 Å². The number of amides is 1. The van der Waals surface area contributed by atoms with E-state index >= 15 is 0 Å². The molecule has 0 spiro atoms. The lowest BCUT2D eigenvalue weighted by Gasteiger charge is -2.13. The van der Waals surface area contributed by atoms with Gasteiger partial charge in [0.1, 0.15) is 0 Å². The van der Waals surface area contributed by atoms with Gasteiger partial charge in [0.25, 0.3) is 5.91 Å². The minimum Gasteiger partial charge on any atom is -0.394 e. The van der Waals surface area contributed by atoms with Crippen molar-refractivity contribution < 1.29 is 15.0 Å². The molecule has 0 heterocycles. The highest BCUT2D eigenvalue weighted by Crippen LogP contribution is 2.21. The number of benzene rings is 1. The Hall–Kier alpha value is -0.620. The first kappa shape index (κ1) is 13.4. The standard InChI is InChI=1S/C10H11BrClNO3/c11-6-1-2-8(9(12)3-6)10(16)13-7(4-14)5-15/h1-3,7,14-15H,4-5H2,(H,13,16). The molecule has 1 aromatic carbocycles. The van der Waals surface area contributed by atoms with Crippen molar-refractivity contribution in [2.24, 2.45) is 0 Å². The van der Waals surface area contributed by atoms with Crippen molar-refractivity contribution in [2.45, 2.75) is 6.04 Å². The first-order chi connectivity index (χ1) is 7.58. The second-order valence-electron chi connectivity index (χ2n) is 3.16. The largest absolute Gasteiger partial charge is 0.394 e. The van der Waals surface area contributed by atoms with Crippen LogP contribution < -0.4 is 5.32 Å². The normalized spacial score (nSPS) is 10.6. The third-order valence-electron chi connectivity index (χ3n) is 1.95. The van der Waals surface area contributed by atoms with E-state index in [1.54, 1.807) is 18.2 Å². The predicted molar refractivity (Wildman–Crippen MR) is 64.6 cm³/mol. The summed E-state index contributed by atoms with van der Waals surface area (Å²) in [6, 6.07) is 4.18. The summed E-state index contributed by atoms with van der Waals surface area (Å²) in [5.74, 6) is -0.425. The van der Waals surface area contributed by atoms with Crippen molar-refractivity contribution in [3.05, 3.63) is 33.3 Å². The number of aliphatic hydroxyl groups excluding tert-OH is 2. The molecule has 0 bridgehead atoms. The molecule has 1 rings (SSSR count). The van der Waals surface area contributed by atoms with Gasteiger partial charge in [-0.2, -0.15) is 0 Å². The topological polar surface area (TPSA) is 69.6 Å². The van der Waals surface area contributed by atoms with Crippen molar-refractivity contribution in [1.29, 1.82) is 0 Å². The number of rotatable bonds is 4. The fourth-order valence-electron chi connectivity index (χ4n) is 1.09. The van der Waals surface area contributed by atoms with E-state index in [1.165, 1.54) is 0 Å². The molecule has 0 aromatic heterocycles. The van der Waals surface area contributed by atoms with E-state index < -0.39 is 11.9 Å². The van der Waals surface area contributed by atoms with E-state index in [0.29, 0.717) is 10.6 Å². The summed E-state index contributed by atoms with van der Waals surface area (Å²) in [6.07, 6.45) is 0. The molecule has 0 fully saturated rings. The van der Waals surface area contributed by atoms with Crippen LogP contribution in [0, 0.1) is 0 Å². The molecule has 0 saturated heterocycles. The predicted octanol–water partition coefficient (Wildman–Crippen LogP) is 1.19. The first-order valence-corrected chi connectivity index (χ1v) is 5.73. The highest BCUT2D eigenvalue weighted by molar-refractivity contribution is 9.10. The lowest BCUT2D eigenvalue weighted by molar-refractivity contribution is 0.0879. The number of halogens is 2. The minimum absolute atomic E-state index is 0.303. The third-order valence-corrected chi connectivity index (χ3v) is 2.76. The Labute approximate surface area is 106 Å². The van der Waals surface area contributed by atoms with Crippen LogP contribution in [0.15, 0.2) is 22.7 Å². The van der Waals surface area contributed by atoms with Gasteiger partial charge in [-0.3, -0.25) is 4.79 Å². The SMILES string of the molecule is O=C(NC(CO)CO)c1ccc(Br)cc1Cl. The van der Waals surface area contributed by atoms with E-state index in [0.717, 1.165) is 4.47 Å². The Bertz CT molecular complexity index is 382. The Balaban J connectivity index is 2.80. The average Bonchev–Trinajstić information content (AvgIpc) is 2.25. The van der Waals surface area contributed by atoms with Crippen LogP contribution in [0.2, 0.25) is 5.02 Å². The number of hydrogen-bond acceptors (Lipinski definition) is 3. The van der Waals surface area contributed by atoms with Gasteiger partial charge in [-0.15, -0.1) is 0 Å². The highest BCUT2D eigenvalue weighted by Gasteiger charge is 2.14. The van der Waals surface area contributed by atoms with Crippen LogP contribution in [0.4, 0.5) is 0 Å². The number of carbonyl (C=O) groups is 1. The van der Waals surface area contributed by atoms with Gasteiger partial charge >= 0.3 is 0 Å². The maximum Gasteiger partial charge on any atom is 0.253 e. The molecule has 0 aliphatic rings. The van der Waals surface area contributed by atoms with Gasteiger partial charge in [-0.25, -0.2) is 0 Å². The van der Waals surface area contributed by atoms with Gasteiger partial charge < -0.3 is 15.5 Å². The summed E-state index contributed by atoms with van der Waals surface area (Å²) in [5.41, 5.74) is 0.303. The van der Waals surface area contributed by atoms with E-state index in [9.17, 15) is 4.79 Å². The van der Waals surface area contributed by atoms with Crippen LogP contribution in [-0.2, 0) is 0 Å². The monoisotopic (exact) mass is 307 g/mol. The fraction of sp³-hybridized carbons (Fsp3) is 0.300. The zero-order valence-electron chi connectivity index (χ0n) is 8.28. The zero-order valence-corrected chi connectivity index (χ0v) is 10.6. The lowest BCUT2D eigenvalue weighted by atomic mass is 10.2. The summed E-state index contributed by atoms with van der Waals surface area (Å²) in [4.78, 5) is 11.7. The van der Waals surface area contributed by atoms with Crippen LogP contribution in [0.5, 0.6) is 0 Å². The fourth-order valence-corrected chi connectivity index (χ4v) is 1.85. The molecule has 1 amide bonds. The Morgan fingerprint density at radius 1 is 1.44 bits per heavy atom. The second-order valence-corrected chi connectivity index (χ2v) is 4.48. The van der Waals surface area contributed by atoms with E-state index in [1.807, 2.05) is 0 Å². The van der Waals surface area contributed by atoms with Crippen LogP contribution in [-0.4, -0.2) is 35.4 Å². The molecule has 0 aliphatic carbocycles. The van der Waals surface area contributed by atoms with Gasteiger partial charge in [0.05, 0.1) is 29.8 Å². The van der Waals surface area contributed by atoms with Gasteiger partial charge in [0, 0.05) is 4.47 Å². The zero-order chi connectivity index (χ0) is 12.1. The van der Waals surface area contributed by atoms with Crippen molar-refractivity contribution in [1.82, 2.24) is 5.32 Å². The molecule has 0 radical (unpaired) electrons. The van der Waals surface area contributed by atoms with Gasteiger partial charge in [-0.1, -0.05) is 27.5 Å². The van der Waals surface area contributed by atoms with Crippen molar-refractivity contribution >= 4 is 33.4 Å². The van der Waals surface area contributed by atoms with E-state index in [-0.39, 0.29) is 13.2 Å². The first-order valence-electron chi connectivity index (χ1n) is 4.56. The molecular weight excluding hydrogens is 297 g/mol. The molecular formula is C10H11BrClNO3. The Morgan fingerprint density at radius 2 is 2.06 bits per heavy atom. The number of carbonyl (C=O) groups excluding carboxylic acids is 1. The lowest BCUT2D eigenvalue weighted by Crippen LogP contribution is -2.40. The molecule has 4 nitrogen and oxygen atoms in total. The molecule has 6 heteroatoms. The van der Waals surface area contributed by atoms with Gasteiger partial charge in [0.15, 0.2) is 0 Å². The van der Waals surface area contributed by atoms with Crippen molar-refractivity contribution in [3.63, 3.8) is 0 Å². The molecule has 16 heavy (non-hydrogen) atoms. The molecule has 0 unspecified atom stereocenters. The smallest absolute Gasteiger partial charge is 0.253 e. The number of hydrogen-bond donors (Lipinski definition) is 3. The average molecular weight is 309 g/mol. The number of nitrogens with one attached hydrogen (secondary N) is 1. The van der Waals surface area contributed by atoms with Crippen molar-refractivity contribution in [2.75, 3.05) is 13.2 Å².